The molecule has 0 atom stereocenters. The van der Waals surface area contributed by atoms with Crippen molar-refractivity contribution in [2.75, 3.05) is 24.6 Å². The van der Waals surface area contributed by atoms with Crippen LogP contribution in [0.25, 0.3) is 0 Å². The minimum absolute atomic E-state index is 0.620. The van der Waals surface area contributed by atoms with E-state index >= 15 is 0 Å². The quantitative estimate of drug-likeness (QED) is 0.734. The molecule has 0 spiro atoms. The highest BCUT2D eigenvalue weighted by Gasteiger charge is 2.07. The third-order valence-electron chi connectivity index (χ3n) is 3.16. The second-order valence-corrected chi connectivity index (χ2v) is 4.41. The standard InChI is InChI=1S/C15H21N5O/c1-4-19(5-2)14-8-7-13(15(9-14)21-6-3)10-18-20-11-16-17-12-20/h7-12H,4-6H2,1-3H3. The van der Waals surface area contributed by atoms with Crippen molar-refractivity contribution in [3.05, 3.63) is 36.4 Å². The number of hydrogen-bond acceptors (Lipinski definition) is 5. The van der Waals surface area contributed by atoms with Gasteiger partial charge in [-0.3, -0.25) is 0 Å². The van der Waals surface area contributed by atoms with Gasteiger partial charge in [0.15, 0.2) is 0 Å². The highest BCUT2D eigenvalue weighted by molar-refractivity contribution is 5.84. The van der Waals surface area contributed by atoms with Crippen LogP contribution in [-0.4, -0.2) is 40.8 Å². The number of nitrogens with zero attached hydrogens (tertiary/aromatic N) is 5. The van der Waals surface area contributed by atoms with E-state index in [2.05, 4.69) is 46.2 Å². The van der Waals surface area contributed by atoms with E-state index in [9.17, 15) is 0 Å². The van der Waals surface area contributed by atoms with Crippen LogP contribution in [0.3, 0.4) is 0 Å². The molecule has 0 fully saturated rings. The van der Waals surface area contributed by atoms with Gasteiger partial charge >= 0.3 is 0 Å². The second kappa shape index (κ2) is 7.42. The molecule has 0 aliphatic carbocycles. The van der Waals surface area contributed by atoms with Gasteiger partial charge in [-0.15, -0.1) is 10.2 Å². The molecule has 0 aliphatic rings. The van der Waals surface area contributed by atoms with Gasteiger partial charge in [-0.25, -0.2) is 4.68 Å². The molecule has 6 nitrogen and oxygen atoms in total. The van der Waals surface area contributed by atoms with Gasteiger partial charge in [-0.05, 0) is 32.9 Å². The summed E-state index contributed by atoms with van der Waals surface area (Å²) >= 11 is 0. The third-order valence-corrected chi connectivity index (χ3v) is 3.16. The Balaban J connectivity index is 2.28. The number of hydrogen-bond donors (Lipinski definition) is 0. The Morgan fingerprint density at radius 2 is 1.90 bits per heavy atom. The topological polar surface area (TPSA) is 55.5 Å². The Hall–Kier alpha value is -2.37. The fraction of sp³-hybridized carbons (Fsp3) is 0.400. The predicted octanol–water partition coefficient (Wildman–Crippen LogP) is 2.41. The molecular formula is C15H21N5O. The van der Waals surface area contributed by atoms with Crippen LogP contribution in [0.5, 0.6) is 5.75 Å². The molecule has 2 rings (SSSR count). The van der Waals surface area contributed by atoms with Crippen LogP contribution in [0.1, 0.15) is 26.3 Å². The highest BCUT2D eigenvalue weighted by atomic mass is 16.5. The predicted molar refractivity (Wildman–Crippen MR) is 84.2 cm³/mol. The van der Waals surface area contributed by atoms with Crippen LogP contribution >= 0.6 is 0 Å². The lowest BCUT2D eigenvalue weighted by Crippen LogP contribution is -2.21. The maximum absolute atomic E-state index is 5.73. The molecule has 1 aromatic heterocycles. The molecular weight excluding hydrogens is 266 g/mol. The summed E-state index contributed by atoms with van der Waals surface area (Å²) in [6.07, 6.45) is 4.84. The zero-order chi connectivity index (χ0) is 15.1. The first-order valence-corrected chi connectivity index (χ1v) is 7.19. The van der Waals surface area contributed by atoms with Crippen molar-refractivity contribution in [3.63, 3.8) is 0 Å². The minimum Gasteiger partial charge on any atom is -0.493 e. The summed E-state index contributed by atoms with van der Waals surface area (Å²) in [5.41, 5.74) is 2.09. The van der Waals surface area contributed by atoms with Crippen LogP contribution in [0.15, 0.2) is 36.0 Å². The highest BCUT2D eigenvalue weighted by Crippen LogP contribution is 2.25. The van der Waals surface area contributed by atoms with Crippen molar-refractivity contribution < 1.29 is 4.74 Å². The van der Waals surface area contributed by atoms with Crippen LogP contribution in [0, 0.1) is 0 Å². The lowest BCUT2D eigenvalue weighted by Gasteiger charge is -2.22. The lowest BCUT2D eigenvalue weighted by molar-refractivity contribution is 0.340. The molecule has 112 valence electrons. The zero-order valence-corrected chi connectivity index (χ0v) is 12.7. The average molecular weight is 287 g/mol. The SMILES string of the molecule is CCOc1cc(N(CC)CC)ccc1C=Nn1cnnc1. The maximum atomic E-state index is 5.73. The van der Waals surface area contributed by atoms with Gasteiger partial charge in [-0.2, -0.15) is 5.10 Å². The Kier molecular flexibility index (Phi) is 5.31. The first-order chi connectivity index (χ1) is 10.3. The van der Waals surface area contributed by atoms with Gasteiger partial charge in [0, 0.05) is 30.4 Å². The zero-order valence-electron chi connectivity index (χ0n) is 12.7. The summed E-state index contributed by atoms with van der Waals surface area (Å²) in [5.74, 6) is 0.832. The van der Waals surface area contributed by atoms with E-state index in [1.54, 1.807) is 23.5 Å². The smallest absolute Gasteiger partial charge is 0.141 e. The number of benzene rings is 1. The molecule has 21 heavy (non-hydrogen) atoms. The molecule has 0 aliphatic heterocycles. The van der Waals surface area contributed by atoms with Crippen LogP contribution in [0.2, 0.25) is 0 Å². The monoisotopic (exact) mass is 287 g/mol. The van der Waals surface area contributed by atoms with E-state index in [1.165, 1.54) is 0 Å². The van der Waals surface area contributed by atoms with Crippen LogP contribution in [0.4, 0.5) is 5.69 Å². The fourth-order valence-electron chi connectivity index (χ4n) is 2.08. The maximum Gasteiger partial charge on any atom is 0.141 e. The molecule has 0 bridgehead atoms. The van der Waals surface area contributed by atoms with Gasteiger partial charge in [0.25, 0.3) is 0 Å². The average Bonchev–Trinajstić information content (AvgIpc) is 3.01. The van der Waals surface area contributed by atoms with Crippen molar-refractivity contribution >= 4 is 11.9 Å². The lowest BCUT2D eigenvalue weighted by atomic mass is 10.2. The van der Waals surface area contributed by atoms with E-state index in [0.717, 1.165) is 30.1 Å². The first-order valence-electron chi connectivity index (χ1n) is 7.19. The number of aromatic nitrogens is 3. The molecule has 1 heterocycles. The summed E-state index contributed by atoms with van der Waals surface area (Å²) in [6, 6.07) is 6.17. The van der Waals surface area contributed by atoms with Gasteiger partial charge in [0.1, 0.15) is 18.4 Å². The molecule has 2 aromatic rings. The Morgan fingerprint density at radius 3 is 2.52 bits per heavy atom. The largest absolute Gasteiger partial charge is 0.493 e. The normalized spacial score (nSPS) is 11.0. The van der Waals surface area contributed by atoms with Crippen LogP contribution in [-0.2, 0) is 0 Å². The molecule has 6 heteroatoms. The molecule has 0 radical (unpaired) electrons. The van der Waals surface area contributed by atoms with Crippen LogP contribution < -0.4 is 9.64 Å². The van der Waals surface area contributed by atoms with E-state index in [-0.39, 0.29) is 0 Å². The summed E-state index contributed by atoms with van der Waals surface area (Å²) < 4.78 is 7.28. The minimum atomic E-state index is 0.620. The molecule has 0 saturated heterocycles. The van der Waals surface area contributed by atoms with Crippen molar-refractivity contribution in [2.45, 2.75) is 20.8 Å². The van der Waals surface area contributed by atoms with E-state index in [0.29, 0.717) is 6.61 Å². The number of anilines is 1. The Morgan fingerprint density at radius 1 is 1.19 bits per heavy atom. The van der Waals surface area contributed by atoms with Crippen molar-refractivity contribution in [2.24, 2.45) is 5.10 Å². The molecule has 0 unspecified atom stereocenters. The van der Waals surface area contributed by atoms with Crippen molar-refractivity contribution in [1.82, 2.24) is 14.9 Å². The number of rotatable bonds is 7. The molecule has 0 amide bonds. The van der Waals surface area contributed by atoms with Crippen molar-refractivity contribution in [1.29, 1.82) is 0 Å². The van der Waals surface area contributed by atoms with E-state index in [1.807, 2.05) is 13.0 Å². The fourth-order valence-corrected chi connectivity index (χ4v) is 2.08. The van der Waals surface area contributed by atoms with E-state index in [4.69, 9.17) is 4.74 Å². The van der Waals surface area contributed by atoms with Crippen molar-refractivity contribution in [3.8, 4) is 5.75 Å². The Labute approximate surface area is 125 Å². The van der Waals surface area contributed by atoms with Gasteiger partial charge in [0.05, 0.1) is 12.8 Å². The Bertz CT molecular complexity index is 576. The third kappa shape index (κ3) is 3.81. The molecule has 0 N–H and O–H groups in total. The first kappa shape index (κ1) is 15.0. The summed E-state index contributed by atoms with van der Waals surface area (Å²) in [7, 11) is 0. The summed E-state index contributed by atoms with van der Waals surface area (Å²) in [5, 5.41) is 11.7. The molecule has 1 aromatic carbocycles. The van der Waals surface area contributed by atoms with Gasteiger partial charge < -0.3 is 9.64 Å². The number of ether oxygens (including phenoxy) is 1. The van der Waals surface area contributed by atoms with Gasteiger partial charge in [0.2, 0.25) is 0 Å². The second-order valence-electron chi connectivity index (χ2n) is 4.41. The van der Waals surface area contributed by atoms with Gasteiger partial charge in [-0.1, -0.05) is 0 Å². The summed E-state index contributed by atoms with van der Waals surface area (Å²) in [6.45, 7) is 8.82. The van der Waals surface area contributed by atoms with E-state index < -0.39 is 0 Å². The molecule has 0 saturated carbocycles. The summed E-state index contributed by atoms with van der Waals surface area (Å²) in [4.78, 5) is 2.28.